The summed E-state index contributed by atoms with van der Waals surface area (Å²) in [6, 6.07) is 2.05. The van der Waals surface area contributed by atoms with E-state index in [9.17, 15) is 14.4 Å². The molecule has 142 valence electrons. The normalized spacial score (nSPS) is 11.4. The van der Waals surface area contributed by atoms with Gasteiger partial charge in [-0.15, -0.1) is 0 Å². The predicted molar refractivity (Wildman–Crippen MR) is 105 cm³/mol. The van der Waals surface area contributed by atoms with Gasteiger partial charge < -0.3 is 4.57 Å². The van der Waals surface area contributed by atoms with E-state index in [1.54, 1.807) is 0 Å². The van der Waals surface area contributed by atoms with Gasteiger partial charge in [-0.05, 0) is 61.5 Å². The molecule has 2 heterocycles. The first-order chi connectivity index (χ1) is 12.6. The van der Waals surface area contributed by atoms with Crippen LogP contribution in [0.4, 0.5) is 0 Å². The number of Topliss-reactive ketones (excluding diaryl/α,β-unsaturated/α-hetero) is 1. The lowest BCUT2D eigenvalue weighted by Gasteiger charge is -2.15. The van der Waals surface area contributed by atoms with Crippen molar-refractivity contribution >= 4 is 28.5 Å². The van der Waals surface area contributed by atoms with Crippen molar-refractivity contribution in [1.82, 2.24) is 18.7 Å². The molecule has 0 aliphatic carbocycles. The summed E-state index contributed by atoms with van der Waals surface area (Å²) in [6.07, 6.45) is 0. The van der Waals surface area contributed by atoms with Gasteiger partial charge in [-0.3, -0.25) is 18.7 Å². The van der Waals surface area contributed by atoms with Gasteiger partial charge in [-0.2, -0.15) is 4.98 Å². The Labute approximate surface area is 160 Å². The minimum absolute atomic E-state index is 0.00340. The van der Waals surface area contributed by atoms with Crippen LogP contribution in [0.1, 0.15) is 32.6 Å². The lowest BCUT2D eigenvalue weighted by Crippen LogP contribution is -2.37. The maximum absolute atomic E-state index is 13.1. The smallest absolute Gasteiger partial charge is 0.301 e. The Morgan fingerprint density at radius 1 is 1.04 bits per heavy atom. The van der Waals surface area contributed by atoms with Gasteiger partial charge in [0.15, 0.2) is 16.9 Å². The number of fused-ring (bicyclic) bond motifs is 1. The first-order valence-corrected chi connectivity index (χ1v) is 8.86. The maximum Gasteiger partial charge on any atom is 0.332 e. The molecule has 0 aliphatic heterocycles. The second-order valence-electron chi connectivity index (χ2n) is 6.90. The Bertz CT molecular complexity index is 1200. The van der Waals surface area contributed by atoms with Crippen molar-refractivity contribution < 1.29 is 4.79 Å². The first-order valence-electron chi connectivity index (χ1n) is 8.48. The highest BCUT2D eigenvalue weighted by molar-refractivity contribution is 6.29. The molecule has 7 nitrogen and oxygen atoms in total. The first kappa shape index (κ1) is 19.1. The largest absolute Gasteiger partial charge is 0.332 e. The van der Waals surface area contributed by atoms with E-state index in [1.807, 2.05) is 33.8 Å². The van der Waals surface area contributed by atoms with E-state index in [0.29, 0.717) is 5.56 Å². The number of hydrogen-bond donors (Lipinski definition) is 0. The molecular formula is C19H21ClN4O3. The van der Waals surface area contributed by atoms with E-state index >= 15 is 0 Å². The summed E-state index contributed by atoms with van der Waals surface area (Å²) in [4.78, 5) is 42.0. The fraction of sp³-hybridized carbons (Fsp3) is 0.368. The summed E-state index contributed by atoms with van der Waals surface area (Å²) in [5.41, 5.74) is 3.77. The molecule has 27 heavy (non-hydrogen) atoms. The SMILES string of the molecule is Cc1cc(C)c(C)c(C(=O)Cn2c(Cl)nc3c2c(=O)n(C)c(=O)n3C)c1C. The number of hydrogen-bond acceptors (Lipinski definition) is 4. The summed E-state index contributed by atoms with van der Waals surface area (Å²) in [5, 5.41) is -0.00340. The van der Waals surface area contributed by atoms with Crippen LogP contribution in [-0.4, -0.2) is 24.5 Å². The molecule has 1 aromatic carbocycles. The molecule has 3 aromatic rings. The van der Waals surface area contributed by atoms with E-state index in [2.05, 4.69) is 4.98 Å². The van der Waals surface area contributed by atoms with Crippen LogP contribution in [0.2, 0.25) is 5.28 Å². The van der Waals surface area contributed by atoms with Crippen molar-refractivity contribution in [2.45, 2.75) is 34.2 Å². The lowest BCUT2D eigenvalue weighted by molar-refractivity contribution is 0.0972. The Morgan fingerprint density at radius 2 is 1.59 bits per heavy atom. The third-order valence-corrected chi connectivity index (χ3v) is 5.54. The van der Waals surface area contributed by atoms with Crippen LogP contribution < -0.4 is 11.2 Å². The van der Waals surface area contributed by atoms with Crippen molar-refractivity contribution in [2.24, 2.45) is 14.1 Å². The van der Waals surface area contributed by atoms with Crippen LogP contribution in [0, 0.1) is 27.7 Å². The average Bonchev–Trinajstić information content (AvgIpc) is 2.93. The van der Waals surface area contributed by atoms with Crippen molar-refractivity contribution in [2.75, 3.05) is 0 Å². The summed E-state index contributed by atoms with van der Waals surface area (Å²) < 4.78 is 3.60. The highest BCUT2D eigenvalue weighted by Crippen LogP contribution is 2.24. The Kier molecular flexibility index (Phi) is 4.59. The molecule has 3 rings (SSSR count). The molecule has 0 spiro atoms. The maximum atomic E-state index is 13.1. The van der Waals surface area contributed by atoms with Crippen LogP contribution in [0.3, 0.4) is 0 Å². The Morgan fingerprint density at radius 3 is 2.15 bits per heavy atom. The monoisotopic (exact) mass is 388 g/mol. The van der Waals surface area contributed by atoms with Gasteiger partial charge in [-0.1, -0.05) is 6.07 Å². The molecule has 0 radical (unpaired) electrons. The van der Waals surface area contributed by atoms with E-state index in [-0.39, 0.29) is 28.8 Å². The molecule has 0 aliphatic rings. The number of aromatic nitrogens is 4. The quantitative estimate of drug-likeness (QED) is 0.509. The van der Waals surface area contributed by atoms with Gasteiger partial charge in [0.25, 0.3) is 5.56 Å². The zero-order valence-corrected chi connectivity index (χ0v) is 16.9. The zero-order chi connectivity index (χ0) is 20.2. The number of ketones is 1. The van der Waals surface area contributed by atoms with Crippen molar-refractivity contribution in [3.05, 3.63) is 60.0 Å². The van der Waals surface area contributed by atoms with Gasteiger partial charge in [-0.25, -0.2) is 4.79 Å². The summed E-state index contributed by atoms with van der Waals surface area (Å²) in [6.45, 7) is 7.61. The standard InChI is InChI=1S/C19H21ClN4O3/c1-9-7-10(2)12(4)14(11(9)3)13(25)8-24-15-16(21-18(24)20)22(5)19(27)23(6)17(15)26/h7H,8H2,1-6H3. The second kappa shape index (κ2) is 6.49. The number of aryl methyl sites for hydroxylation is 3. The molecule has 0 bridgehead atoms. The second-order valence-corrected chi connectivity index (χ2v) is 7.24. The lowest BCUT2D eigenvalue weighted by atomic mass is 9.91. The van der Waals surface area contributed by atoms with Gasteiger partial charge in [0.05, 0.1) is 6.54 Å². The van der Waals surface area contributed by atoms with E-state index in [0.717, 1.165) is 26.8 Å². The number of rotatable bonds is 3. The molecule has 0 saturated heterocycles. The number of carbonyl (C=O) groups is 1. The summed E-state index contributed by atoms with van der Waals surface area (Å²) in [7, 11) is 2.90. The molecule has 2 aromatic heterocycles. The highest BCUT2D eigenvalue weighted by atomic mass is 35.5. The minimum Gasteiger partial charge on any atom is -0.301 e. The molecular weight excluding hydrogens is 368 g/mol. The fourth-order valence-electron chi connectivity index (χ4n) is 3.42. The van der Waals surface area contributed by atoms with Crippen molar-refractivity contribution in [3.8, 4) is 0 Å². The predicted octanol–water partition coefficient (Wildman–Crippen LogP) is 2.20. The van der Waals surface area contributed by atoms with Gasteiger partial charge >= 0.3 is 5.69 Å². The molecule has 0 saturated carbocycles. The number of halogens is 1. The number of benzene rings is 1. The van der Waals surface area contributed by atoms with Crippen LogP contribution >= 0.6 is 11.6 Å². The molecule has 0 atom stereocenters. The third kappa shape index (κ3) is 2.82. The zero-order valence-electron chi connectivity index (χ0n) is 16.2. The van der Waals surface area contributed by atoms with E-state index in [1.165, 1.54) is 23.2 Å². The van der Waals surface area contributed by atoms with Crippen LogP contribution in [0.5, 0.6) is 0 Å². The summed E-state index contributed by atoms with van der Waals surface area (Å²) in [5.74, 6) is -0.158. The summed E-state index contributed by atoms with van der Waals surface area (Å²) >= 11 is 6.23. The minimum atomic E-state index is -0.533. The Hall–Kier alpha value is -2.67. The van der Waals surface area contributed by atoms with Gasteiger partial charge in [0.1, 0.15) is 0 Å². The molecule has 0 amide bonds. The average molecular weight is 389 g/mol. The molecule has 8 heteroatoms. The number of carbonyl (C=O) groups excluding carboxylic acids is 1. The topological polar surface area (TPSA) is 78.9 Å². The van der Waals surface area contributed by atoms with E-state index in [4.69, 9.17) is 11.6 Å². The third-order valence-electron chi connectivity index (χ3n) is 5.25. The van der Waals surface area contributed by atoms with Crippen LogP contribution in [-0.2, 0) is 20.6 Å². The highest BCUT2D eigenvalue weighted by Gasteiger charge is 2.22. The van der Waals surface area contributed by atoms with Gasteiger partial charge in [0.2, 0.25) is 5.28 Å². The molecule has 0 fully saturated rings. The molecule has 0 N–H and O–H groups in total. The van der Waals surface area contributed by atoms with Crippen molar-refractivity contribution in [1.29, 1.82) is 0 Å². The molecule has 0 unspecified atom stereocenters. The van der Waals surface area contributed by atoms with Crippen LogP contribution in [0.15, 0.2) is 15.7 Å². The number of nitrogens with zero attached hydrogens (tertiary/aromatic N) is 4. The number of imidazole rings is 1. The van der Waals surface area contributed by atoms with Crippen LogP contribution in [0.25, 0.3) is 11.2 Å². The Balaban J connectivity index is 2.23. The fourth-order valence-corrected chi connectivity index (χ4v) is 3.65. The van der Waals surface area contributed by atoms with E-state index < -0.39 is 11.2 Å². The van der Waals surface area contributed by atoms with Gasteiger partial charge in [0, 0.05) is 19.7 Å². The van der Waals surface area contributed by atoms with Crippen molar-refractivity contribution in [3.63, 3.8) is 0 Å².